The van der Waals surface area contributed by atoms with Crippen molar-refractivity contribution in [2.24, 2.45) is 0 Å². The first-order chi connectivity index (χ1) is 9.63. The molecule has 2 aromatic rings. The maximum absolute atomic E-state index is 5.95. The fraction of sp³-hybridized carbons (Fsp3) is 0.333. The van der Waals surface area contributed by atoms with Crippen molar-refractivity contribution in [3.05, 3.63) is 69.7 Å². The van der Waals surface area contributed by atoms with E-state index in [0.29, 0.717) is 12.1 Å². The van der Waals surface area contributed by atoms with Gasteiger partial charge in [-0.3, -0.25) is 0 Å². The fourth-order valence-corrected chi connectivity index (χ4v) is 3.17. The van der Waals surface area contributed by atoms with E-state index < -0.39 is 0 Å². The van der Waals surface area contributed by atoms with Gasteiger partial charge in [0.15, 0.2) is 0 Å². The van der Waals surface area contributed by atoms with Gasteiger partial charge in [0, 0.05) is 17.1 Å². The molecule has 0 aromatic heterocycles. The third kappa shape index (κ3) is 2.74. The Morgan fingerprint density at radius 1 is 1.15 bits per heavy atom. The Bertz CT molecular complexity index is 603. The predicted octanol–water partition coefficient (Wildman–Crippen LogP) is 4.99. The van der Waals surface area contributed by atoms with Crippen molar-refractivity contribution in [3.8, 4) is 0 Å². The molecule has 0 saturated carbocycles. The van der Waals surface area contributed by atoms with Crippen molar-refractivity contribution in [2.45, 2.75) is 38.8 Å². The largest absolute Gasteiger partial charge is 0.303 e. The van der Waals surface area contributed by atoms with Crippen LogP contribution in [0.4, 0.5) is 0 Å². The first-order valence-electron chi connectivity index (χ1n) is 7.24. The van der Waals surface area contributed by atoms with E-state index >= 15 is 0 Å². The fourth-order valence-electron chi connectivity index (χ4n) is 3.04. The van der Waals surface area contributed by atoms with E-state index in [2.05, 4.69) is 49.5 Å². The number of hydrogen-bond acceptors (Lipinski definition) is 1. The van der Waals surface area contributed by atoms with Gasteiger partial charge in [0.05, 0.1) is 0 Å². The molecule has 1 aliphatic rings. The number of nitrogens with one attached hydrogen (secondary N) is 1. The monoisotopic (exact) mass is 285 g/mol. The summed E-state index contributed by atoms with van der Waals surface area (Å²) in [5.41, 5.74) is 5.61. The molecule has 1 aliphatic carbocycles. The highest BCUT2D eigenvalue weighted by molar-refractivity contribution is 6.30. The summed E-state index contributed by atoms with van der Waals surface area (Å²) < 4.78 is 0. The molecule has 1 nitrogen and oxygen atoms in total. The van der Waals surface area contributed by atoms with Crippen LogP contribution in [0.5, 0.6) is 0 Å². The molecule has 104 valence electrons. The van der Waals surface area contributed by atoms with E-state index in [0.717, 1.165) is 5.02 Å². The number of aryl methyl sites for hydroxylation is 2. The van der Waals surface area contributed by atoms with Crippen LogP contribution >= 0.6 is 11.6 Å². The number of halogens is 1. The molecule has 0 bridgehead atoms. The minimum Gasteiger partial charge on any atom is -0.303 e. The Labute approximate surface area is 126 Å². The number of rotatable bonds is 3. The molecule has 0 amide bonds. The van der Waals surface area contributed by atoms with E-state index in [1.165, 1.54) is 35.1 Å². The maximum atomic E-state index is 5.95. The van der Waals surface area contributed by atoms with Gasteiger partial charge in [-0.25, -0.2) is 0 Å². The molecule has 0 heterocycles. The third-order valence-electron chi connectivity index (χ3n) is 4.20. The molecule has 2 atom stereocenters. The second kappa shape index (κ2) is 5.59. The van der Waals surface area contributed by atoms with Crippen molar-refractivity contribution >= 4 is 11.6 Å². The SMILES string of the molecule is Cc1ccc2c(c1)C(N[C@H](C)c1ccc(Cl)cc1)CC2. The lowest BCUT2D eigenvalue weighted by Crippen LogP contribution is -2.23. The minimum absolute atomic E-state index is 0.337. The van der Waals surface area contributed by atoms with Crippen molar-refractivity contribution in [3.63, 3.8) is 0 Å². The van der Waals surface area contributed by atoms with Gasteiger partial charge in [-0.1, -0.05) is 47.5 Å². The van der Waals surface area contributed by atoms with Crippen LogP contribution in [0, 0.1) is 6.92 Å². The summed E-state index contributed by atoms with van der Waals surface area (Å²) >= 11 is 5.95. The van der Waals surface area contributed by atoms with E-state index in [4.69, 9.17) is 11.6 Å². The molecule has 0 saturated heterocycles. The zero-order valence-electron chi connectivity index (χ0n) is 12.0. The molecule has 0 fully saturated rings. The lowest BCUT2D eigenvalue weighted by Gasteiger charge is -2.21. The molecular formula is C18H20ClN. The lowest BCUT2D eigenvalue weighted by molar-refractivity contribution is 0.465. The van der Waals surface area contributed by atoms with Crippen LogP contribution in [-0.4, -0.2) is 0 Å². The Hall–Kier alpha value is -1.31. The number of fused-ring (bicyclic) bond motifs is 1. The summed E-state index contributed by atoms with van der Waals surface area (Å²) in [6, 6.07) is 15.7. The van der Waals surface area contributed by atoms with E-state index in [9.17, 15) is 0 Å². The molecule has 2 heteroatoms. The van der Waals surface area contributed by atoms with Crippen molar-refractivity contribution in [2.75, 3.05) is 0 Å². The highest BCUT2D eigenvalue weighted by Crippen LogP contribution is 2.33. The lowest BCUT2D eigenvalue weighted by atomic mass is 10.0. The molecule has 0 spiro atoms. The average Bonchev–Trinajstić information content (AvgIpc) is 2.82. The summed E-state index contributed by atoms with van der Waals surface area (Å²) in [7, 11) is 0. The minimum atomic E-state index is 0.337. The normalized spacial score (nSPS) is 18.9. The predicted molar refractivity (Wildman–Crippen MR) is 85.2 cm³/mol. The van der Waals surface area contributed by atoms with Gasteiger partial charge >= 0.3 is 0 Å². The molecule has 3 rings (SSSR count). The van der Waals surface area contributed by atoms with Gasteiger partial charge in [-0.2, -0.15) is 0 Å². The quantitative estimate of drug-likeness (QED) is 0.838. The average molecular weight is 286 g/mol. The highest BCUT2D eigenvalue weighted by Gasteiger charge is 2.23. The Morgan fingerprint density at radius 3 is 2.65 bits per heavy atom. The van der Waals surface area contributed by atoms with Crippen molar-refractivity contribution in [1.82, 2.24) is 5.32 Å². The van der Waals surface area contributed by atoms with Gasteiger partial charge in [0.2, 0.25) is 0 Å². The van der Waals surface area contributed by atoms with Crippen LogP contribution in [0.3, 0.4) is 0 Å². The summed E-state index contributed by atoms with van der Waals surface area (Å²) in [6.45, 7) is 4.38. The number of benzene rings is 2. The molecule has 1 unspecified atom stereocenters. The summed E-state index contributed by atoms with van der Waals surface area (Å²) in [5, 5.41) is 4.55. The smallest absolute Gasteiger partial charge is 0.0406 e. The van der Waals surface area contributed by atoms with E-state index in [1.807, 2.05) is 12.1 Å². The zero-order chi connectivity index (χ0) is 14.1. The third-order valence-corrected chi connectivity index (χ3v) is 4.45. The van der Waals surface area contributed by atoms with Crippen molar-refractivity contribution in [1.29, 1.82) is 0 Å². The highest BCUT2D eigenvalue weighted by atomic mass is 35.5. The van der Waals surface area contributed by atoms with E-state index in [1.54, 1.807) is 0 Å². The van der Waals surface area contributed by atoms with Gasteiger partial charge in [-0.05, 0) is 55.5 Å². The number of hydrogen-bond donors (Lipinski definition) is 1. The van der Waals surface area contributed by atoms with Gasteiger partial charge in [0.25, 0.3) is 0 Å². The standard InChI is InChI=1S/C18H20ClN/c1-12-3-4-15-7-10-18(17(15)11-12)20-13(2)14-5-8-16(19)9-6-14/h3-6,8-9,11,13,18,20H,7,10H2,1-2H3/t13-,18?/m1/s1. The molecule has 0 aliphatic heterocycles. The molecule has 1 N–H and O–H groups in total. The zero-order valence-corrected chi connectivity index (χ0v) is 12.7. The van der Waals surface area contributed by atoms with Crippen LogP contribution in [0.2, 0.25) is 5.02 Å². The van der Waals surface area contributed by atoms with Crippen LogP contribution in [-0.2, 0) is 6.42 Å². The first-order valence-corrected chi connectivity index (χ1v) is 7.62. The van der Waals surface area contributed by atoms with Crippen LogP contribution in [0.15, 0.2) is 42.5 Å². The summed E-state index contributed by atoms with van der Waals surface area (Å²) in [6.07, 6.45) is 2.37. The molecule has 0 radical (unpaired) electrons. The summed E-state index contributed by atoms with van der Waals surface area (Å²) in [4.78, 5) is 0. The van der Waals surface area contributed by atoms with Crippen LogP contribution < -0.4 is 5.32 Å². The second-order valence-electron chi connectivity index (χ2n) is 5.73. The van der Waals surface area contributed by atoms with E-state index in [-0.39, 0.29) is 0 Å². The maximum Gasteiger partial charge on any atom is 0.0406 e. The molecule has 2 aromatic carbocycles. The Balaban J connectivity index is 1.76. The topological polar surface area (TPSA) is 12.0 Å². The Kier molecular flexibility index (Phi) is 3.82. The second-order valence-corrected chi connectivity index (χ2v) is 6.17. The van der Waals surface area contributed by atoms with Gasteiger partial charge < -0.3 is 5.32 Å². The molecule has 20 heavy (non-hydrogen) atoms. The Morgan fingerprint density at radius 2 is 1.90 bits per heavy atom. The van der Waals surface area contributed by atoms with Crippen molar-refractivity contribution < 1.29 is 0 Å². The first kappa shape index (κ1) is 13.7. The molecular weight excluding hydrogens is 266 g/mol. The van der Waals surface area contributed by atoms with Gasteiger partial charge in [-0.15, -0.1) is 0 Å². The van der Waals surface area contributed by atoms with Crippen LogP contribution in [0.25, 0.3) is 0 Å². The summed E-state index contributed by atoms with van der Waals surface area (Å²) in [5.74, 6) is 0. The van der Waals surface area contributed by atoms with Gasteiger partial charge in [0.1, 0.15) is 0 Å². The van der Waals surface area contributed by atoms with Crippen LogP contribution in [0.1, 0.15) is 47.7 Å².